The van der Waals surface area contributed by atoms with E-state index in [9.17, 15) is 14.0 Å². The lowest BCUT2D eigenvalue weighted by atomic mass is 9.91. The number of benzene rings is 1. The first kappa shape index (κ1) is 28.1. The molecule has 2 amide bonds. The fraction of sp³-hybridized carbons (Fsp3) is 0.586. The zero-order valence-electron chi connectivity index (χ0n) is 21.9. The summed E-state index contributed by atoms with van der Waals surface area (Å²) < 4.78 is 25.4. The van der Waals surface area contributed by atoms with Crippen LogP contribution in [0.5, 0.6) is 0 Å². The number of amides is 2. The fourth-order valence-electron chi connectivity index (χ4n) is 4.96. The summed E-state index contributed by atoms with van der Waals surface area (Å²) in [5, 5.41) is 3.19. The lowest BCUT2D eigenvalue weighted by Gasteiger charge is -2.35. The Morgan fingerprint density at radius 1 is 1.22 bits per heavy atom. The molecule has 7 heteroatoms. The SMILES string of the molecule is CC.CC1C=C(C(C(=O)NC2CCCCC2)N(C(=O)COC2CCOC2)c2cccc(F)c2)C=CC1.[HH]. The van der Waals surface area contributed by atoms with Crippen LogP contribution in [0.3, 0.4) is 0 Å². The quantitative estimate of drug-likeness (QED) is 0.504. The molecule has 0 spiro atoms. The highest BCUT2D eigenvalue weighted by Crippen LogP contribution is 2.28. The Kier molecular flexibility index (Phi) is 11.1. The van der Waals surface area contributed by atoms with Crippen molar-refractivity contribution in [2.45, 2.75) is 83.9 Å². The van der Waals surface area contributed by atoms with Gasteiger partial charge in [0.05, 0.1) is 12.7 Å². The van der Waals surface area contributed by atoms with Crippen molar-refractivity contribution in [2.24, 2.45) is 5.92 Å². The van der Waals surface area contributed by atoms with Crippen LogP contribution in [0.4, 0.5) is 10.1 Å². The summed E-state index contributed by atoms with van der Waals surface area (Å²) >= 11 is 0. The van der Waals surface area contributed by atoms with Crippen molar-refractivity contribution in [3.8, 4) is 0 Å². The Hall–Kier alpha value is -2.51. The van der Waals surface area contributed by atoms with E-state index in [1.165, 1.54) is 23.5 Å². The van der Waals surface area contributed by atoms with Crippen LogP contribution in [0.25, 0.3) is 0 Å². The summed E-state index contributed by atoms with van der Waals surface area (Å²) in [6, 6.07) is 5.03. The van der Waals surface area contributed by atoms with Gasteiger partial charge in [-0.25, -0.2) is 4.39 Å². The molecule has 1 aromatic carbocycles. The lowest BCUT2D eigenvalue weighted by Crippen LogP contribution is -2.54. The van der Waals surface area contributed by atoms with Crippen LogP contribution in [0.15, 0.2) is 48.1 Å². The van der Waals surface area contributed by atoms with Crippen LogP contribution in [-0.2, 0) is 19.1 Å². The molecule has 200 valence electrons. The summed E-state index contributed by atoms with van der Waals surface area (Å²) in [7, 11) is 0. The molecular formula is C29H43FN2O4. The number of rotatable bonds is 8. The second-order valence-corrected chi connectivity index (χ2v) is 9.57. The van der Waals surface area contributed by atoms with Gasteiger partial charge in [-0.15, -0.1) is 0 Å². The summed E-state index contributed by atoms with van der Waals surface area (Å²) in [6.07, 6.45) is 12.6. The first-order valence-electron chi connectivity index (χ1n) is 13.5. The van der Waals surface area contributed by atoms with Gasteiger partial charge in [0, 0.05) is 19.8 Å². The minimum absolute atomic E-state index is 0. The van der Waals surface area contributed by atoms with Crippen LogP contribution in [0, 0.1) is 11.7 Å². The fourth-order valence-corrected chi connectivity index (χ4v) is 4.96. The van der Waals surface area contributed by atoms with Crippen molar-refractivity contribution in [3.05, 3.63) is 53.9 Å². The van der Waals surface area contributed by atoms with Crippen molar-refractivity contribution in [3.63, 3.8) is 0 Å². The van der Waals surface area contributed by atoms with Crippen LogP contribution >= 0.6 is 0 Å². The maximum absolute atomic E-state index is 14.2. The second-order valence-electron chi connectivity index (χ2n) is 9.57. The Balaban J connectivity index is 0.00000157. The third-order valence-electron chi connectivity index (χ3n) is 6.75. The normalized spacial score (nSPS) is 22.7. The van der Waals surface area contributed by atoms with Gasteiger partial charge in [0.15, 0.2) is 0 Å². The minimum atomic E-state index is -0.904. The molecule has 0 aromatic heterocycles. The number of allylic oxidation sites excluding steroid dienone is 2. The summed E-state index contributed by atoms with van der Waals surface area (Å²) in [5.74, 6) is -0.845. The predicted octanol–water partition coefficient (Wildman–Crippen LogP) is 5.58. The molecule has 4 rings (SSSR count). The molecule has 3 unspecified atom stereocenters. The number of hydrogen-bond acceptors (Lipinski definition) is 4. The number of nitrogens with one attached hydrogen (secondary N) is 1. The standard InChI is InChI=1S/C27H35FN2O4.C2H6.H2/c1-19-7-5-8-20(15-19)26(27(32)29-22-10-3-2-4-11-22)30(23-12-6-9-21(28)16-23)25(31)18-34-24-13-14-33-17-24;1-2;/h5-6,8-9,12,15-16,19,22,24,26H,2-4,7,10-11,13-14,17-18H2,1H3,(H,29,32);1-2H3;1H. The first-order valence-corrected chi connectivity index (χ1v) is 13.5. The van der Waals surface area contributed by atoms with Crippen LogP contribution < -0.4 is 10.2 Å². The number of carbonyl (C=O) groups excluding carboxylic acids is 2. The first-order chi connectivity index (χ1) is 17.5. The van der Waals surface area contributed by atoms with Gasteiger partial charge in [-0.1, -0.05) is 64.3 Å². The number of carbonyl (C=O) groups is 2. The molecule has 3 aliphatic rings. The molecule has 0 bridgehead atoms. The van der Waals surface area contributed by atoms with Gasteiger partial charge in [-0.3, -0.25) is 14.5 Å². The molecule has 2 fully saturated rings. The molecule has 1 saturated heterocycles. The Morgan fingerprint density at radius 2 is 2.00 bits per heavy atom. The highest BCUT2D eigenvalue weighted by Gasteiger charge is 2.36. The topological polar surface area (TPSA) is 67.9 Å². The van der Waals surface area contributed by atoms with E-state index in [4.69, 9.17) is 9.47 Å². The lowest BCUT2D eigenvalue weighted by molar-refractivity contribution is -0.129. The molecule has 3 atom stereocenters. The van der Waals surface area contributed by atoms with Crippen LogP contribution in [0.2, 0.25) is 0 Å². The minimum Gasteiger partial charge on any atom is -0.379 e. The molecule has 6 nitrogen and oxygen atoms in total. The Bertz CT molecular complexity index is 926. The number of halogens is 1. The van der Waals surface area contributed by atoms with E-state index in [2.05, 4.69) is 12.2 Å². The van der Waals surface area contributed by atoms with Gasteiger partial charge in [-0.2, -0.15) is 0 Å². The van der Waals surface area contributed by atoms with Gasteiger partial charge in [0.25, 0.3) is 5.91 Å². The van der Waals surface area contributed by atoms with Crippen molar-refractivity contribution in [1.29, 1.82) is 0 Å². The summed E-state index contributed by atoms with van der Waals surface area (Å²) in [5.41, 5.74) is 1.08. The van der Waals surface area contributed by atoms with E-state index in [0.29, 0.717) is 18.9 Å². The molecule has 36 heavy (non-hydrogen) atoms. The molecule has 1 aromatic rings. The van der Waals surface area contributed by atoms with E-state index in [1.54, 1.807) is 12.1 Å². The average molecular weight is 503 g/mol. The number of nitrogens with zero attached hydrogens (tertiary/aromatic N) is 1. The molecule has 1 N–H and O–H groups in total. The molecular weight excluding hydrogens is 459 g/mol. The van der Waals surface area contributed by atoms with Crippen molar-refractivity contribution < 1.29 is 24.9 Å². The van der Waals surface area contributed by atoms with Gasteiger partial charge >= 0.3 is 0 Å². The summed E-state index contributed by atoms with van der Waals surface area (Å²) in [6.45, 7) is 6.93. The van der Waals surface area contributed by atoms with E-state index >= 15 is 0 Å². The van der Waals surface area contributed by atoms with E-state index < -0.39 is 11.9 Å². The number of hydrogen-bond donors (Lipinski definition) is 1. The Labute approximate surface area is 216 Å². The van der Waals surface area contributed by atoms with Crippen molar-refractivity contribution >= 4 is 17.5 Å². The molecule has 1 saturated carbocycles. The summed E-state index contributed by atoms with van der Waals surface area (Å²) in [4.78, 5) is 28.7. The van der Waals surface area contributed by atoms with Gasteiger partial charge in [0.1, 0.15) is 18.5 Å². The highest BCUT2D eigenvalue weighted by molar-refractivity contribution is 6.03. The second kappa shape index (κ2) is 14.3. The van der Waals surface area contributed by atoms with Gasteiger partial charge in [-0.05, 0) is 55.4 Å². The molecule has 2 aliphatic carbocycles. The van der Waals surface area contributed by atoms with Crippen LogP contribution in [-0.4, -0.2) is 49.8 Å². The molecule has 1 aliphatic heterocycles. The largest absolute Gasteiger partial charge is 0.379 e. The van der Waals surface area contributed by atoms with Crippen molar-refractivity contribution in [1.82, 2.24) is 5.32 Å². The van der Waals surface area contributed by atoms with Crippen molar-refractivity contribution in [2.75, 3.05) is 24.7 Å². The predicted molar refractivity (Wildman–Crippen MR) is 142 cm³/mol. The third kappa shape index (κ3) is 7.74. The average Bonchev–Trinajstić information content (AvgIpc) is 3.41. The number of anilines is 1. The third-order valence-corrected chi connectivity index (χ3v) is 6.75. The zero-order valence-corrected chi connectivity index (χ0v) is 21.9. The monoisotopic (exact) mass is 502 g/mol. The van der Waals surface area contributed by atoms with Gasteiger partial charge in [0.2, 0.25) is 5.91 Å². The molecule has 1 heterocycles. The van der Waals surface area contributed by atoms with Gasteiger partial charge < -0.3 is 14.8 Å². The Morgan fingerprint density at radius 3 is 2.67 bits per heavy atom. The number of ether oxygens (including phenoxy) is 2. The molecule has 0 radical (unpaired) electrons. The van der Waals surface area contributed by atoms with E-state index in [1.807, 2.05) is 32.1 Å². The maximum Gasteiger partial charge on any atom is 0.254 e. The zero-order chi connectivity index (χ0) is 25.9. The van der Waals surface area contributed by atoms with E-state index in [0.717, 1.165) is 44.1 Å². The van der Waals surface area contributed by atoms with Crippen LogP contribution in [0.1, 0.15) is 67.1 Å². The maximum atomic E-state index is 14.2. The smallest absolute Gasteiger partial charge is 0.254 e. The van der Waals surface area contributed by atoms with E-state index in [-0.39, 0.29) is 37.9 Å². The highest BCUT2D eigenvalue weighted by atomic mass is 19.1.